The van der Waals surface area contributed by atoms with Gasteiger partial charge in [0.25, 0.3) is 0 Å². The molecule has 1 fully saturated rings. The van der Waals surface area contributed by atoms with Crippen LogP contribution in [0.15, 0.2) is 42.6 Å². The summed E-state index contributed by atoms with van der Waals surface area (Å²) in [5, 5.41) is 0.591. The van der Waals surface area contributed by atoms with Crippen LogP contribution in [0.5, 0.6) is 0 Å². The Hall–Kier alpha value is -2.38. The monoisotopic (exact) mass is 448 g/mol. The quantitative estimate of drug-likeness (QED) is 0.378. The number of rotatable bonds is 6. The first-order chi connectivity index (χ1) is 15.2. The number of H-pyrrole nitrogens is 1. The standard InChI is InChI=1S/C25H28F4N2O/c1-17-15-30-23-18(13-20(14-22(17)23)25(27,28)29)7-12-32-16-24(8-10-31(2)11-9-24)19-3-5-21(26)6-4-19/h3-6,13-15,30H,7-12,16H2,1-2H3. The number of hydrogen-bond donors (Lipinski definition) is 1. The SMILES string of the molecule is Cc1c[nH]c2c(CCOCC3(c4ccc(F)cc4)CCN(C)CC3)cc(C(F)(F)F)cc12. The van der Waals surface area contributed by atoms with Gasteiger partial charge in [-0.15, -0.1) is 0 Å². The third-order valence-corrected chi connectivity index (χ3v) is 6.70. The minimum atomic E-state index is -4.39. The summed E-state index contributed by atoms with van der Waals surface area (Å²) in [7, 11) is 2.08. The Morgan fingerprint density at radius 2 is 1.78 bits per heavy atom. The normalized spacial score (nSPS) is 17.2. The second kappa shape index (κ2) is 8.87. The number of alkyl halides is 3. The maximum absolute atomic E-state index is 13.5. The molecule has 0 bridgehead atoms. The van der Waals surface area contributed by atoms with Crippen LogP contribution in [0.4, 0.5) is 17.6 Å². The summed E-state index contributed by atoms with van der Waals surface area (Å²) in [6.07, 6.45) is -0.511. The molecule has 0 spiro atoms. The van der Waals surface area contributed by atoms with Crippen molar-refractivity contribution >= 4 is 10.9 Å². The topological polar surface area (TPSA) is 28.3 Å². The van der Waals surface area contributed by atoms with Gasteiger partial charge in [-0.05, 0) is 87.3 Å². The number of fused-ring (bicyclic) bond motifs is 1. The van der Waals surface area contributed by atoms with Crippen LogP contribution >= 0.6 is 0 Å². The first kappa shape index (κ1) is 22.8. The van der Waals surface area contributed by atoms with Crippen molar-refractivity contribution < 1.29 is 22.3 Å². The van der Waals surface area contributed by atoms with Crippen molar-refractivity contribution in [1.29, 1.82) is 0 Å². The van der Waals surface area contributed by atoms with E-state index >= 15 is 0 Å². The van der Waals surface area contributed by atoms with Crippen molar-refractivity contribution in [2.75, 3.05) is 33.4 Å². The zero-order valence-corrected chi connectivity index (χ0v) is 18.4. The van der Waals surface area contributed by atoms with Crippen molar-refractivity contribution in [3.63, 3.8) is 0 Å². The Morgan fingerprint density at radius 3 is 2.44 bits per heavy atom. The summed E-state index contributed by atoms with van der Waals surface area (Å²) in [6, 6.07) is 9.01. The summed E-state index contributed by atoms with van der Waals surface area (Å²) < 4.78 is 59.7. The fourth-order valence-electron chi connectivity index (χ4n) is 4.62. The van der Waals surface area contributed by atoms with Crippen LogP contribution in [0, 0.1) is 12.7 Å². The van der Waals surface area contributed by atoms with Crippen LogP contribution in [-0.2, 0) is 22.7 Å². The van der Waals surface area contributed by atoms with Crippen LogP contribution in [-0.4, -0.2) is 43.2 Å². The number of aromatic nitrogens is 1. The number of aromatic amines is 1. The van der Waals surface area contributed by atoms with E-state index in [1.165, 1.54) is 24.3 Å². The molecule has 1 N–H and O–H groups in total. The van der Waals surface area contributed by atoms with E-state index in [1.54, 1.807) is 13.1 Å². The van der Waals surface area contributed by atoms with Crippen molar-refractivity contribution in [2.24, 2.45) is 0 Å². The second-order valence-electron chi connectivity index (χ2n) is 8.92. The smallest absolute Gasteiger partial charge is 0.380 e. The van der Waals surface area contributed by atoms with Gasteiger partial charge >= 0.3 is 6.18 Å². The minimum absolute atomic E-state index is 0.216. The molecule has 0 amide bonds. The Kier molecular flexibility index (Phi) is 6.32. The highest BCUT2D eigenvalue weighted by atomic mass is 19.4. The van der Waals surface area contributed by atoms with Crippen LogP contribution in [0.3, 0.4) is 0 Å². The predicted molar refractivity (Wildman–Crippen MR) is 117 cm³/mol. The molecule has 0 aliphatic carbocycles. The molecule has 0 radical (unpaired) electrons. The van der Waals surface area contributed by atoms with Gasteiger partial charge in [-0.1, -0.05) is 12.1 Å². The molecule has 172 valence electrons. The highest BCUT2D eigenvalue weighted by Crippen LogP contribution is 2.37. The summed E-state index contributed by atoms with van der Waals surface area (Å²) in [6.45, 7) is 4.39. The summed E-state index contributed by atoms with van der Waals surface area (Å²) >= 11 is 0. The van der Waals surface area contributed by atoms with E-state index in [1.807, 2.05) is 12.1 Å². The molecule has 1 saturated heterocycles. The molecule has 1 aromatic heterocycles. The molecule has 4 rings (SSSR count). The summed E-state index contributed by atoms with van der Waals surface area (Å²) in [4.78, 5) is 5.36. The van der Waals surface area contributed by atoms with Gasteiger partial charge in [0.1, 0.15) is 5.82 Å². The van der Waals surface area contributed by atoms with E-state index in [0.29, 0.717) is 30.6 Å². The third kappa shape index (κ3) is 4.69. The molecular formula is C25H28F4N2O. The van der Waals surface area contributed by atoms with Gasteiger partial charge in [-0.3, -0.25) is 0 Å². The predicted octanol–water partition coefficient (Wildman–Crippen LogP) is 5.86. The van der Waals surface area contributed by atoms with Crippen molar-refractivity contribution in [3.05, 3.63) is 70.7 Å². The lowest BCUT2D eigenvalue weighted by Gasteiger charge is -2.41. The first-order valence-corrected chi connectivity index (χ1v) is 10.9. The highest BCUT2D eigenvalue weighted by molar-refractivity contribution is 5.86. The fourth-order valence-corrected chi connectivity index (χ4v) is 4.62. The zero-order chi connectivity index (χ0) is 22.9. The van der Waals surface area contributed by atoms with Gasteiger partial charge < -0.3 is 14.6 Å². The number of halogens is 4. The summed E-state index contributed by atoms with van der Waals surface area (Å²) in [5.41, 5.74) is 2.31. The Morgan fingerprint density at radius 1 is 1.09 bits per heavy atom. The highest BCUT2D eigenvalue weighted by Gasteiger charge is 2.36. The maximum atomic E-state index is 13.5. The van der Waals surface area contributed by atoms with E-state index in [4.69, 9.17) is 4.74 Å². The van der Waals surface area contributed by atoms with Gasteiger partial charge in [0.15, 0.2) is 0 Å². The van der Waals surface area contributed by atoms with E-state index in [-0.39, 0.29) is 11.2 Å². The molecule has 0 saturated carbocycles. The van der Waals surface area contributed by atoms with Gasteiger partial charge in [0, 0.05) is 22.5 Å². The molecule has 0 atom stereocenters. The molecule has 7 heteroatoms. The number of piperidine rings is 1. The third-order valence-electron chi connectivity index (χ3n) is 6.70. The van der Waals surface area contributed by atoms with E-state index in [0.717, 1.165) is 42.6 Å². The van der Waals surface area contributed by atoms with E-state index < -0.39 is 11.7 Å². The lowest BCUT2D eigenvalue weighted by molar-refractivity contribution is -0.137. The molecule has 1 aliphatic heterocycles. The number of nitrogens with zero attached hydrogens (tertiary/aromatic N) is 1. The first-order valence-electron chi connectivity index (χ1n) is 10.9. The zero-order valence-electron chi connectivity index (χ0n) is 18.4. The van der Waals surface area contributed by atoms with Crippen LogP contribution in [0.25, 0.3) is 10.9 Å². The maximum Gasteiger partial charge on any atom is 0.416 e. The average molecular weight is 449 g/mol. The average Bonchev–Trinajstić information content (AvgIpc) is 3.13. The Labute approximate surface area is 185 Å². The van der Waals surface area contributed by atoms with Gasteiger partial charge in [0.05, 0.1) is 18.8 Å². The molecule has 32 heavy (non-hydrogen) atoms. The van der Waals surface area contributed by atoms with Crippen LogP contribution in [0.2, 0.25) is 0 Å². The van der Waals surface area contributed by atoms with Crippen molar-refractivity contribution in [3.8, 4) is 0 Å². The van der Waals surface area contributed by atoms with Crippen LogP contribution in [0.1, 0.15) is 35.1 Å². The molecule has 2 aromatic carbocycles. The van der Waals surface area contributed by atoms with Crippen LogP contribution < -0.4 is 0 Å². The number of aryl methyl sites for hydroxylation is 1. The number of likely N-dealkylation sites (tertiary alicyclic amines) is 1. The lowest BCUT2D eigenvalue weighted by Crippen LogP contribution is -2.44. The summed E-state index contributed by atoms with van der Waals surface area (Å²) in [5.74, 6) is -0.271. The fraction of sp³-hybridized carbons (Fsp3) is 0.440. The molecule has 1 aliphatic rings. The molecule has 3 aromatic rings. The second-order valence-corrected chi connectivity index (χ2v) is 8.92. The Balaban J connectivity index is 1.50. The minimum Gasteiger partial charge on any atom is -0.380 e. The number of nitrogens with one attached hydrogen (secondary N) is 1. The number of hydrogen-bond acceptors (Lipinski definition) is 2. The van der Waals surface area contributed by atoms with Gasteiger partial charge in [-0.25, -0.2) is 4.39 Å². The number of ether oxygens (including phenoxy) is 1. The van der Waals surface area contributed by atoms with Crippen molar-refractivity contribution in [1.82, 2.24) is 9.88 Å². The van der Waals surface area contributed by atoms with Crippen molar-refractivity contribution in [2.45, 2.75) is 37.8 Å². The molecule has 0 unspecified atom stereocenters. The van der Waals surface area contributed by atoms with Gasteiger partial charge in [0.2, 0.25) is 0 Å². The van der Waals surface area contributed by atoms with Gasteiger partial charge in [-0.2, -0.15) is 13.2 Å². The molecule has 2 heterocycles. The molecular weight excluding hydrogens is 420 g/mol. The number of benzene rings is 2. The van der Waals surface area contributed by atoms with E-state index in [2.05, 4.69) is 16.9 Å². The van der Waals surface area contributed by atoms with E-state index in [9.17, 15) is 17.6 Å². The largest absolute Gasteiger partial charge is 0.416 e. The Bertz CT molecular complexity index is 1060. The molecule has 3 nitrogen and oxygen atoms in total. The lowest BCUT2D eigenvalue weighted by atomic mass is 9.73.